The van der Waals surface area contributed by atoms with Crippen molar-refractivity contribution in [2.75, 3.05) is 13.1 Å². The normalized spacial score (nSPS) is 21.2. The molecule has 0 radical (unpaired) electrons. The number of hydrogen-bond acceptors (Lipinski definition) is 3. The van der Waals surface area contributed by atoms with Crippen LogP contribution in [0.4, 0.5) is 4.79 Å². The van der Waals surface area contributed by atoms with Crippen LogP contribution in [0.5, 0.6) is 0 Å². The van der Waals surface area contributed by atoms with Crippen LogP contribution in [0.1, 0.15) is 18.9 Å². The second-order valence-electron chi connectivity index (χ2n) is 6.04. The van der Waals surface area contributed by atoms with Gasteiger partial charge in [-0.3, -0.25) is 0 Å². The highest BCUT2D eigenvalue weighted by Gasteiger charge is 2.27. The van der Waals surface area contributed by atoms with Gasteiger partial charge in [-0.25, -0.2) is 9.78 Å². The molecule has 6 heteroatoms. The summed E-state index contributed by atoms with van der Waals surface area (Å²) in [4.78, 5) is 18.1. The van der Waals surface area contributed by atoms with E-state index in [-0.39, 0.29) is 11.9 Å². The predicted molar refractivity (Wildman–Crippen MR) is 87.2 cm³/mol. The first kappa shape index (κ1) is 15.6. The number of nitrogens with one attached hydrogen (secondary N) is 1. The molecule has 1 aliphatic rings. The zero-order valence-corrected chi connectivity index (χ0v) is 13.2. The number of aliphatic hydroxyl groups is 1. The lowest BCUT2D eigenvalue weighted by atomic mass is 9.96. The first-order valence-electron chi connectivity index (χ1n) is 7.92. The first-order valence-corrected chi connectivity index (χ1v) is 7.92. The number of nitrogens with zero attached hydrogens (tertiary/aromatic N) is 3. The fourth-order valence-electron chi connectivity index (χ4n) is 2.83. The van der Waals surface area contributed by atoms with E-state index in [4.69, 9.17) is 0 Å². The lowest BCUT2D eigenvalue weighted by molar-refractivity contribution is 0.0435. The highest BCUT2D eigenvalue weighted by atomic mass is 16.3. The number of aliphatic hydroxyl groups excluding tert-OH is 1. The van der Waals surface area contributed by atoms with Crippen molar-refractivity contribution in [2.24, 2.45) is 5.92 Å². The van der Waals surface area contributed by atoms with Crippen molar-refractivity contribution in [3.8, 4) is 5.69 Å². The Bertz CT molecular complexity index is 656. The van der Waals surface area contributed by atoms with E-state index in [1.54, 1.807) is 17.4 Å². The number of benzene rings is 1. The SMILES string of the molecule is CC1CCN(C(=O)NCc2ccccc2-n2ccnc2)CC1O. The van der Waals surface area contributed by atoms with Gasteiger partial charge < -0.3 is 19.9 Å². The molecule has 0 spiro atoms. The van der Waals surface area contributed by atoms with Gasteiger partial charge in [0.2, 0.25) is 0 Å². The summed E-state index contributed by atoms with van der Waals surface area (Å²) < 4.78 is 1.92. The Morgan fingerprint density at radius 1 is 1.43 bits per heavy atom. The largest absolute Gasteiger partial charge is 0.391 e. The zero-order chi connectivity index (χ0) is 16.2. The molecule has 2 aromatic rings. The summed E-state index contributed by atoms with van der Waals surface area (Å²) in [6, 6.07) is 7.77. The topological polar surface area (TPSA) is 70.4 Å². The minimum atomic E-state index is -0.437. The average molecular weight is 314 g/mol. The van der Waals surface area contributed by atoms with Crippen molar-refractivity contribution in [2.45, 2.75) is 26.0 Å². The summed E-state index contributed by atoms with van der Waals surface area (Å²) in [6.07, 6.45) is 5.74. The molecule has 2 unspecified atom stereocenters. The summed E-state index contributed by atoms with van der Waals surface area (Å²) in [5, 5.41) is 12.9. The maximum atomic E-state index is 12.3. The van der Waals surface area contributed by atoms with Crippen LogP contribution in [0.3, 0.4) is 0 Å². The summed E-state index contributed by atoms with van der Waals surface area (Å²) in [6.45, 7) is 3.54. The molecule has 2 N–H and O–H groups in total. The van der Waals surface area contributed by atoms with Crippen LogP contribution in [-0.2, 0) is 6.54 Å². The average Bonchev–Trinajstić information content (AvgIpc) is 3.10. The molecule has 1 aromatic heterocycles. The third kappa shape index (κ3) is 3.53. The molecule has 0 aliphatic carbocycles. The first-order chi connectivity index (χ1) is 11.1. The number of para-hydroxylation sites is 1. The molecular formula is C17H22N4O2. The van der Waals surface area contributed by atoms with Crippen LogP contribution in [0.25, 0.3) is 5.69 Å². The number of amides is 2. The van der Waals surface area contributed by atoms with Gasteiger partial charge in [0.1, 0.15) is 0 Å². The zero-order valence-electron chi connectivity index (χ0n) is 13.2. The van der Waals surface area contributed by atoms with Crippen LogP contribution < -0.4 is 5.32 Å². The van der Waals surface area contributed by atoms with Gasteiger partial charge in [0.15, 0.2) is 0 Å². The molecule has 6 nitrogen and oxygen atoms in total. The van der Waals surface area contributed by atoms with Crippen molar-refractivity contribution >= 4 is 6.03 Å². The second kappa shape index (κ2) is 6.83. The maximum absolute atomic E-state index is 12.3. The molecule has 2 atom stereocenters. The minimum Gasteiger partial charge on any atom is -0.391 e. The predicted octanol–water partition coefficient (Wildman–Crippen LogP) is 1.78. The molecule has 1 fully saturated rings. The number of rotatable bonds is 3. The third-order valence-corrected chi connectivity index (χ3v) is 4.41. The van der Waals surface area contributed by atoms with E-state index in [1.807, 2.05) is 42.0 Å². The standard InChI is InChI=1S/C17H22N4O2/c1-13-6-8-20(11-16(13)22)17(23)19-10-14-4-2-3-5-15(14)21-9-7-18-12-21/h2-5,7,9,12-13,16,22H,6,8,10-11H2,1H3,(H,19,23). The van der Waals surface area contributed by atoms with E-state index in [1.165, 1.54) is 0 Å². The Hall–Kier alpha value is -2.34. The lowest BCUT2D eigenvalue weighted by Gasteiger charge is -2.34. The van der Waals surface area contributed by atoms with Gasteiger partial charge in [-0.05, 0) is 24.0 Å². The molecule has 1 aromatic carbocycles. The number of β-amino-alcohol motifs (C(OH)–C–C–N with tert-alkyl or cyclic N) is 1. The number of likely N-dealkylation sites (tertiary alicyclic amines) is 1. The van der Waals surface area contributed by atoms with E-state index in [0.29, 0.717) is 19.6 Å². The monoisotopic (exact) mass is 314 g/mol. The highest BCUT2D eigenvalue weighted by molar-refractivity contribution is 5.74. The maximum Gasteiger partial charge on any atom is 0.317 e. The quantitative estimate of drug-likeness (QED) is 0.907. The van der Waals surface area contributed by atoms with Gasteiger partial charge in [-0.2, -0.15) is 0 Å². The van der Waals surface area contributed by atoms with Crippen molar-refractivity contribution in [1.29, 1.82) is 0 Å². The molecule has 2 heterocycles. The number of urea groups is 1. The van der Waals surface area contributed by atoms with Crippen LogP contribution in [0.2, 0.25) is 0 Å². The van der Waals surface area contributed by atoms with Crippen molar-refractivity contribution < 1.29 is 9.90 Å². The number of imidazole rings is 1. The number of hydrogen-bond donors (Lipinski definition) is 2. The molecule has 23 heavy (non-hydrogen) atoms. The van der Waals surface area contributed by atoms with E-state index < -0.39 is 6.10 Å². The van der Waals surface area contributed by atoms with Crippen LogP contribution in [0, 0.1) is 5.92 Å². The molecular weight excluding hydrogens is 292 g/mol. The van der Waals surface area contributed by atoms with Gasteiger partial charge in [0, 0.05) is 32.0 Å². The van der Waals surface area contributed by atoms with Gasteiger partial charge in [0.05, 0.1) is 18.1 Å². The van der Waals surface area contributed by atoms with E-state index in [0.717, 1.165) is 17.7 Å². The fourth-order valence-corrected chi connectivity index (χ4v) is 2.83. The molecule has 2 amide bonds. The molecule has 122 valence electrons. The fraction of sp³-hybridized carbons (Fsp3) is 0.412. The van der Waals surface area contributed by atoms with Gasteiger partial charge in [-0.1, -0.05) is 25.1 Å². The van der Waals surface area contributed by atoms with E-state index >= 15 is 0 Å². The molecule has 0 bridgehead atoms. The lowest BCUT2D eigenvalue weighted by Crippen LogP contribution is -2.49. The number of aromatic nitrogens is 2. The number of piperidine rings is 1. The Labute approximate surface area is 135 Å². The third-order valence-electron chi connectivity index (χ3n) is 4.41. The van der Waals surface area contributed by atoms with Crippen LogP contribution >= 0.6 is 0 Å². The highest BCUT2D eigenvalue weighted by Crippen LogP contribution is 2.17. The van der Waals surface area contributed by atoms with Crippen LogP contribution in [0.15, 0.2) is 43.0 Å². The Morgan fingerprint density at radius 2 is 2.26 bits per heavy atom. The second-order valence-corrected chi connectivity index (χ2v) is 6.04. The summed E-state index contributed by atoms with van der Waals surface area (Å²) in [7, 11) is 0. The minimum absolute atomic E-state index is 0.128. The Kier molecular flexibility index (Phi) is 4.62. The van der Waals surface area contributed by atoms with Gasteiger partial charge in [0.25, 0.3) is 0 Å². The van der Waals surface area contributed by atoms with Gasteiger partial charge >= 0.3 is 6.03 Å². The van der Waals surface area contributed by atoms with E-state index in [2.05, 4.69) is 10.3 Å². The molecule has 1 saturated heterocycles. The summed E-state index contributed by atoms with van der Waals surface area (Å²) >= 11 is 0. The number of carbonyl (C=O) groups is 1. The molecule has 3 rings (SSSR count). The van der Waals surface area contributed by atoms with E-state index in [9.17, 15) is 9.90 Å². The molecule has 0 saturated carbocycles. The molecule has 1 aliphatic heterocycles. The smallest absolute Gasteiger partial charge is 0.317 e. The van der Waals surface area contributed by atoms with Crippen molar-refractivity contribution in [1.82, 2.24) is 19.8 Å². The van der Waals surface area contributed by atoms with Crippen LogP contribution in [-0.4, -0.2) is 44.8 Å². The number of carbonyl (C=O) groups excluding carboxylic acids is 1. The Morgan fingerprint density at radius 3 is 3.00 bits per heavy atom. The van der Waals surface area contributed by atoms with Crippen molar-refractivity contribution in [3.63, 3.8) is 0 Å². The van der Waals surface area contributed by atoms with Crippen molar-refractivity contribution in [3.05, 3.63) is 48.5 Å². The van der Waals surface area contributed by atoms with Gasteiger partial charge in [-0.15, -0.1) is 0 Å². The summed E-state index contributed by atoms with van der Waals surface area (Å²) in [5.41, 5.74) is 2.02. The Balaban J connectivity index is 1.64. The summed E-state index contributed by atoms with van der Waals surface area (Å²) in [5.74, 6) is 0.251.